The Morgan fingerprint density at radius 2 is 1.73 bits per heavy atom. The van der Waals surface area contributed by atoms with Crippen LogP contribution in [0.3, 0.4) is 0 Å². The minimum atomic E-state index is -0.638. The predicted octanol–water partition coefficient (Wildman–Crippen LogP) is 5.84. The Labute approximate surface area is 218 Å². The highest BCUT2D eigenvalue weighted by Crippen LogP contribution is 2.32. The number of amides is 1. The van der Waals surface area contributed by atoms with Gasteiger partial charge >= 0.3 is 12.1 Å². The molecule has 1 amide bonds. The first kappa shape index (κ1) is 28.0. The van der Waals surface area contributed by atoms with Gasteiger partial charge in [-0.2, -0.15) is 0 Å². The van der Waals surface area contributed by atoms with Crippen LogP contribution >= 0.6 is 0 Å². The average Bonchev–Trinajstić information content (AvgIpc) is 2.82. The fourth-order valence-corrected chi connectivity index (χ4v) is 4.32. The molecule has 0 fully saturated rings. The van der Waals surface area contributed by atoms with Crippen molar-refractivity contribution in [3.05, 3.63) is 70.1 Å². The van der Waals surface area contributed by atoms with Gasteiger partial charge in [-0.3, -0.25) is 9.59 Å². The molecule has 0 bridgehead atoms. The van der Waals surface area contributed by atoms with Gasteiger partial charge in [0.25, 0.3) is 5.56 Å². The van der Waals surface area contributed by atoms with Gasteiger partial charge in [0.2, 0.25) is 0 Å². The Balaban J connectivity index is 2.20. The minimum Gasteiger partial charge on any atom is -0.466 e. The van der Waals surface area contributed by atoms with E-state index in [1.807, 2.05) is 69.3 Å². The molecule has 1 N–H and O–H groups in total. The largest absolute Gasteiger partial charge is 0.466 e. The third-order valence-corrected chi connectivity index (χ3v) is 5.78. The monoisotopic (exact) mass is 506 g/mol. The second-order valence-electron chi connectivity index (χ2n) is 10.5. The average molecular weight is 507 g/mol. The van der Waals surface area contributed by atoms with Crippen molar-refractivity contribution < 1.29 is 19.1 Å². The number of nitrogens with zero attached hydrogens (tertiary/aromatic N) is 1. The first-order chi connectivity index (χ1) is 17.5. The lowest BCUT2D eigenvalue weighted by Crippen LogP contribution is -2.35. The third-order valence-electron chi connectivity index (χ3n) is 5.78. The molecule has 0 radical (unpaired) electrons. The Kier molecular flexibility index (Phi) is 9.14. The molecule has 3 aromatic rings. The van der Waals surface area contributed by atoms with Crippen LogP contribution in [-0.4, -0.2) is 28.8 Å². The van der Waals surface area contributed by atoms with E-state index < -0.39 is 11.7 Å². The number of esters is 1. The van der Waals surface area contributed by atoms with Crippen LogP contribution in [0.2, 0.25) is 0 Å². The Morgan fingerprint density at radius 1 is 1.03 bits per heavy atom. The number of aromatic nitrogens is 1. The fourth-order valence-electron chi connectivity index (χ4n) is 4.32. The van der Waals surface area contributed by atoms with Crippen molar-refractivity contribution in [3.63, 3.8) is 0 Å². The zero-order chi connectivity index (χ0) is 27.2. The summed E-state index contributed by atoms with van der Waals surface area (Å²) >= 11 is 0. The van der Waals surface area contributed by atoms with E-state index in [9.17, 15) is 14.4 Å². The topological polar surface area (TPSA) is 86.6 Å². The molecule has 1 heterocycles. The quantitative estimate of drug-likeness (QED) is 0.368. The molecule has 37 heavy (non-hydrogen) atoms. The van der Waals surface area contributed by atoms with E-state index in [4.69, 9.17) is 9.47 Å². The first-order valence-electron chi connectivity index (χ1n) is 12.9. The smallest absolute Gasteiger partial charge is 0.407 e. The molecule has 0 spiro atoms. The number of carbonyl (C=O) groups excluding carboxylic acids is 2. The van der Waals surface area contributed by atoms with Gasteiger partial charge in [0.1, 0.15) is 5.60 Å². The van der Waals surface area contributed by atoms with Crippen molar-refractivity contribution in [3.8, 4) is 11.1 Å². The summed E-state index contributed by atoms with van der Waals surface area (Å²) in [5.41, 5.74) is 2.72. The molecule has 2 aromatic carbocycles. The van der Waals surface area contributed by atoms with Gasteiger partial charge in [0, 0.05) is 29.6 Å². The molecule has 0 aliphatic rings. The third kappa shape index (κ3) is 7.44. The van der Waals surface area contributed by atoms with Gasteiger partial charge in [-0.25, -0.2) is 4.79 Å². The summed E-state index contributed by atoms with van der Waals surface area (Å²) in [6.07, 6.45) is 0.222. The molecule has 198 valence electrons. The lowest BCUT2D eigenvalue weighted by Gasteiger charge is -2.23. The molecule has 3 rings (SSSR count). The molecule has 7 heteroatoms. The Morgan fingerprint density at radius 3 is 2.35 bits per heavy atom. The van der Waals surface area contributed by atoms with Crippen molar-refractivity contribution >= 4 is 22.8 Å². The highest BCUT2D eigenvalue weighted by atomic mass is 16.6. The maximum atomic E-state index is 13.7. The van der Waals surface area contributed by atoms with Gasteiger partial charge in [0.05, 0.1) is 13.2 Å². The maximum Gasteiger partial charge on any atom is 0.407 e. The van der Waals surface area contributed by atoms with Crippen LogP contribution in [0.25, 0.3) is 21.9 Å². The summed E-state index contributed by atoms with van der Waals surface area (Å²) in [4.78, 5) is 38.2. The van der Waals surface area contributed by atoms with Crippen LogP contribution in [0, 0.1) is 5.92 Å². The Hall–Kier alpha value is -3.61. The van der Waals surface area contributed by atoms with Crippen molar-refractivity contribution in [1.29, 1.82) is 0 Å². The van der Waals surface area contributed by atoms with Crippen LogP contribution in [0.15, 0.2) is 53.3 Å². The van der Waals surface area contributed by atoms with Gasteiger partial charge in [-0.1, -0.05) is 56.3 Å². The van der Waals surface area contributed by atoms with Crippen LogP contribution in [0.4, 0.5) is 4.79 Å². The van der Waals surface area contributed by atoms with E-state index in [1.54, 1.807) is 11.5 Å². The van der Waals surface area contributed by atoms with Crippen molar-refractivity contribution in [2.45, 2.75) is 73.1 Å². The van der Waals surface area contributed by atoms with Crippen LogP contribution in [-0.2, 0) is 33.8 Å². The van der Waals surface area contributed by atoms with Crippen LogP contribution in [0.5, 0.6) is 0 Å². The van der Waals surface area contributed by atoms with E-state index in [2.05, 4.69) is 19.2 Å². The van der Waals surface area contributed by atoms with E-state index >= 15 is 0 Å². The summed E-state index contributed by atoms with van der Waals surface area (Å²) in [5, 5.41) is 4.25. The summed E-state index contributed by atoms with van der Waals surface area (Å²) in [7, 11) is 0. The number of fused-ring (bicyclic) bond motifs is 1. The first-order valence-corrected chi connectivity index (χ1v) is 12.9. The number of carbonyl (C=O) groups is 2. The molecule has 1 aromatic heterocycles. The molecule has 0 aliphatic carbocycles. The minimum absolute atomic E-state index is 0.110. The number of rotatable bonds is 9. The molecule has 0 aliphatic heterocycles. The molecule has 0 unspecified atom stereocenters. The molecular weight excluding hydrogens is 468 g/mol. The summed E-state index contributed by atoms with van der Waals surface area (Å²) in [6.45, 7) is 12.3. The molecular formula is C30H38N2O5. The van der Waals surface area contributed by atoms with Gasteiger partial charge in [0.15, 0.2) is 0 Å². The zero-order valence-corrected chi connectivity index (χ0v) is 22.7. The summed E-state index contributed by atoms with van der Waals surface area (Å²) in [6, 6.07) is 15.6. The van der Waals surface area contributed by atoms with Crippen LogP contribution < -0.4 is 10.9 Å². The molecule has 0 saturated heterocycles. The zero-order valence-electron chi connectivity index (χ0n) is 22.7. The number of pyridine rings is 1. The second kappa shape index (κ2) is 12.1. The fraction of sp³-hybridized carbons (Fsp3) is 0.433. The number of nitrogens with one attached hydrogen (secondary N) is 1. The number of aryl methyl sites for hydroxylation is 1. The van der Waals surface area contributed by atoms with Crippen LogP contribution in [0.1, 0.15) is 59.2 Å². The number of alkyl carbamates (subject to hydrolysis) is 1. The van der Waals surface area contributed by atoms with Crippen molar-refractivity contribution in [2.24, 2.45) is 5.92 Å². The maximum absolute atomic E-state index is 13.7. The van der Waals surface area contributed by atoms with E-state index in [-0.39, 0.29) is 30.4 Å². The van der Waals surface area contributed by atoms with E-state index in [1.165, 1.54) is 0 Å². The van der Waals surface area contributed by atoms with E-state index in [0.717, 1.165) is 22.1 Å². The van der Waals surface area contributed by atoms with E-state index in [0.29, 0.717) is 30.7 Å². The van der Waals surface area contributed by atoms with Crippen molar-refractivity contribution in [2.75, 3.05) is 6.61 Å². The SMILES string of the molecule is CCOC(=O)CCc1ccc2c(=O)n(CC(C)C)c(CNC(=O)OC(C)(C)C)c(-c3ccccc3)c2c1. The second-order valence-corrected chi connectivity index (χ2v) is 10.5. The van der Waals surface area contributed by atoms with Crippen molar-refractivity contribution in [1.82, 2.24) is 9.88 Å². The van der Waals surface area contributed by atoms with Gasteiger partial charge in [-0.15, -0.1) is 0 Å². The summed E-state index contributed by atoms with van der Waals surface area (Å²) < 4.78 is 12.3. The lowest BCUT2D eigenvalue weighted by atomic mass is 9.94. The Bertz CT molecular complexity index is 1300. The number of hydrogen-bond acceptors (Lipinski definition) is 5. The predicted molar refractivity (Wildman–Crippen MR) is 147 cm³/mol. The highest BCUT2D eigenvalue weighted by Gasteiger charge is 2.22. The standard InChI is InChI=1S/C30H38N2O5/c1-7-36-26(33)16-14-21-13-15-23-24(17-21)27(22-11-9-8-10-12-22)25(32(28(23)34)19-20(2)3)18-31-29(35)37-30(4,5)6/h8-13,15,17,20H,7,14,16,18-19H2,1-6H3,(H,31,35). The number of ether oxygens (including phenoxy) is 2. The van der Waals surface area contributed by atoms with Gasteiger partial charge in [-0.05, 0) is 62.6 Å². The number of benzene rings is 2. The highest BCUT2D eigenvalue weighted by molar-refractivity contribution is 5.98. The lowest BCUT2D eigenvalue weighted by molar-refractivity contribution is -0.143. The normalized spacial score (nSPS) is 11.5. The number of hydrogen-bond donors (Lipinski definition) is 1. The molecule has 0 atom stereocenters. The molecule has 0 saturated carbocycles. The van der Waals surface area contributed by atoms with Gasteiger partial charge < -0.3 is 19.4 Å². The summed E-state index contributed by atoms with van der Waals surface area (Å²) in [5.74, 6) is -0.0385. The molecule has 7 nitrogen and oxygen atoms in total.